The first-order valence-electron chi connectivity index (χ1n) is 8.14. The Hall–Kier alpha value is -3.42. The number of tetrazole rings is 1. The van der Waals surface area contributed by atoms with Crippen LogP contribution in [0.15, 0.2) is 48.5 Å². The van der Waals surface area contributed by atoms with Gasteiger partial charge in [-0.3, -0.25) is 4.79 Å². The molecular weight excluding hydrogens is 334 g/mol. The van der Waals surface area contributed by atoms with Crippen LogP contribution in [0.3, 0.4) is 0 Å². The molecule has 2 aromatic carbocycles. The molecule has 0 aliphatic heterocycles. The van der Waals surface area contributed by atoms with Crippen molar-refractivity contribution in [2.24, 2.45) is 7.05 Å². The molecule has 0 saturated carbocycles. The van der Waals surface area contributed by atoms with Crippen LogP contribution in [0.25, 0.3) is 11.4 Å². The van der Waals surface area contributed by atoms with E-state index < -0.39 is 0 Å². The van der Waals surface area contributed by atoms with Gasteiger partial charge in [0.1, 0.15) is 0 Å². The molecular formula is C18H19N5O3. The van der Waals surface area contributed by atoms with Crippen LogP contribution < -0.4 is 14.8 Å². The zero-order valence-electron chi connectivity index (χ0n) is 14.5. The summed E-state index contributed by atoms with van der Waals surface area (Å²) < 4.78 is 12.6. The SMILES string of the molecule is CCOc1ccccc1OCC(=O)Nc1cccc(-c2nnnn2C)c1. The molecule has 0 bridgehead atoms. The number of ether oxygens (including phenoxy) is 2. The first-order chi connectivity index (χ1) is 12.7. The van der Waals surface area contributed by atoms with E-state index >= 15 is 0 Å². The number of hydrogen-bond acceptors (Lipinski definition) is 6. The van der Waals surface area contributed by atoms with Crippen LogP contribution in [0.2, 0.25) is 0 Å². The molecule has 0 aliphatic carbocycles. The molecule has 3 aromatic rings. The summed E-state index contributed by atoms with van der Waals surface area (Å²) in [5.41, 5.74) is 1.44. The Morgan fingerprint density at radius 3 is 2.58 bits per heavy atom. The summed E-state index contributed by atoms with van der Waals surface area (Å²) in [5.74, 6) is 1.48. The molecule has 0 spiro atoms. The van der Waals surface area contributed by atoms with Crippen LogP contribution >= 0.6 is 0 Å². The number of nitrogens with one attached hydrogen (secondary N) is 1. The van der Waals surface area contributed by atoms with Crippen LogP contribution in [0.4, 0.5) is 5.69 Å². The molecule has 0 unspecified atom stereocenters. The lowest BCUT2D eigenvalue weighted by molar-refractivity contribution is -0.118. The fraction of sp³-hybridized carbons (Fsp3) is 0.222. The molecule has 1 N–H and O–H groups in total. The Morgan fingerprint density at radius 2 is 1.88 bits per heavy atom. The van der Waals surface area contributed by atoms with Gasteiger partial charge in [-0.1, -0.05) is 24.3 Å². The van der Waals surface area contributed by atoms with E-state index in [0.717, 1.165) is 5.56 Å². The Bertz CT molecular complexity index is 894. The zero-order chi connectivity index (χ0) is 18.4. The summed E-state index contributed by atoms with van der Waals surface area (Å²) in [6, 6.07) is 14.5. The number of para-hydroxylation sites is 2. The summed E-state index contributed by atoms with van der Waals surface area (Å²) in [7, 11) is 1.75. The molecule has 3 rings (SSSR count). The number of hydrogen-bond donors (Lipinski definition) is 1. The molecule has 8 nitrogen and oxygen atoms in total. The first kappa shape index (κ1) is 17.4. The summed E-state index contributed by atoms with van der Waals surface area (Å²) in [5, 5.41) is 14.2. The Kier molecular flexibility index (Phi) is 5.43. The van der Waals surface area contributed by atoms with Gasteiger partial charge in [-0.2, -0.15) is 0 Å². The van der Waals surface area contributed by atoms with Gasteiger partial charge >= 0.3 is 0 Å². The van der Waals surface area contributed by atoms with Gasteiger partial charge in [0.05, 0.1) is 6.61 Å². The number of rotatable bonds is 7. The van der Waals surface area contributed by atoms with Crippen LogP contribution in [0, 0.1) is 0 Å². The van der Waals surface area contributed by atoms with Crippen molar-refractivity contribution in [1.82, 2.24) is 20.2 Å². The average molecular weight is 353 g/mol. The van der Waals surface area contributed by atoms with Gasteiger partial charge < -0.3 is 14.8 Å². The van der Waals surface area contributed by atoms with Crippen LogP contribution in [0.5, 0.6) is 11.5 Å². The quantitative estimate of drug-likeness (QED) is 0.701. The number of aromatic nitrogens is 4. The lowest BCUT2D eigenvalue weighted by atomic mass is 10.2. The maximum Gasteiger partial charge on any atom is 0.262 e. The summed E-state index contributed by atoms with van der Waals surface area (Å²) in [6.45, 7) is 2.29. The highest BCUT2D eigenvalue weighted by Crippen LogP contribution is 2.26. The van der Waals surface area contributed by atoms with Gasteiger partial charge in [0.15, 0.2) is 23.9 Å². The maximum absolute atomic E-state index is 12.2. The monoisotopic (exact) mass is 353 g/mol. The van der Waals surface area contributed by atoms with Gasteiger partial charge in [-0.25, -0.2) is 4.68 Å². The predicted octanol–water partition coefficient (Wildman–Crippen LogP) is 2.29. The van der Waals surface area contributed by atoms with Crippen LogP contribution in [0.1, 0.15) is 6.92 Å². The van der Waals surface area contributed by atoms with Crippen molar-refractivity contribution in [3.8, 4) is 22.9 Å². The molecule has 0 saturated heterocycles. The van der Waals surface area contributed by atoms with Crippen molar-refractivity contribution in [2.45, 2.75) is 6.92 Å². The molecule has 26 heavy (non-hydrogen) atoms. The van der Waals surface area contributed by atoms with Gasteiger partial charge in [0, 0.05) is 18.3 Å². The molecule has 1 aromatic heterocycles. The highest BCUT2D eigenvalue weighted by atomic mass is 16.5. The summed E-state index contributed by atoms with van der Waals surface area (Å²) in [4.78, 5) is 12.2. The Morgan fingerprint density at radius 1 is 1.12 bits per heavy atom. The molecule has 0 atom stereocenters. The maximum atomic E-state index is 12.2. The number of benzene rings is 2. The van der Waals surface area contributed by atoms with Gasteiger partial charge in [0.25, 0.3) is 5.91 Å². The highest BCUT2D eigenvalue weighted by Gasteiger charge is 2.10. The molecule has 1 heterocycles. The van der Waals surface area contributed by atoms with Gasteiger partial charge in [0.2, 0.25) is 0 Å². The van der Waals surface area contributed by atoms with E-state index in [4.69, 9.17) is 9.47 Å². The topological polar surface area (TPSA) is 91.2 Å². The molecule has 0 radical (unpaired) electrons. The van der Waals surface area contributed by atoms with E-state index in [1.165, 1.54) is 0 Å². The minimum Gasteiger partial charge on any atom is -0.490 e. The summed E-state index contributed by atoms with van der Waals surface area (Å²) >= 11 is 0. The molecule has 0 aliphatic rings. The molecule has 0 fully saturated rings. The normalized spacial score (nSPS) is 10.4. The predicted molar refractivity (Wildman–Crippen MR) is 96.0 cm³/mol. The van der Waals surface area contributed by atoms with E-state index in [1.807, 2.05) is 31.2 Å². The Labute approximate surface area is 150 Å². The average Bonchev–Trinajstić information content (AvgIpc) is 3.07. The van der Waals surface area contributed by atoms with Crippen LogP contribution in [-0.2, 0) is 11.8 Å². The minimum atomic E-state index is -0.274. The first-order valence-corrected chi connectivity index (χ1v) is 8.14. The van der Waals surface area contributed by atoms with E-state index in [-0.39, 0.29) is 12.5 Å². The number of nitrogens with zero attached hydrogens (tertiary/aromatic N) is 4. The van der Waals surface area contributed by atoms with Crippen molar-refractivity contribution in [3.05, 3.63) is 48.5 Å². The molecule has 1 amide bonds. The number of anilines is 1. The third-order valence-electron chi connectivity index (χ3n) is 3.53. The van der Waals surface area contributed by atoms with Crippen molar-refractivity contribution < 1.29 is 14.3 Å². The lowest BCUT2D eigenvalue weighted by Crippen LogP contribution is -2.20. The Balaban J connectivity index is 1.63. The third kappa shape index (κ3) is 4.15. The number of carbonyl (C=O) groups is 1. The second-order valence-electron chi connectivity index (χ2n) is 5.42. The largest absolute Gasteiger partial charge is 0.490 e. The highest BCUT2D eigenvalue weighted by molar-refractivity contribution is 5.92. The number of aryl methyl sites for hydroxylation is 1. The van der Waals surface area contributed by atoms with E-state index in [0.29, 0.717) is 29.6 Å². The lowest BCUT2D eigenvalue weighted by Gasteiger charge is -2.12. The zero-order valence-corrected chi connectivity index (χ0v) is 14.5. The number of carbonyl (C=O) groups excluding carboxylic acids is 1. The smallest absolute Gasteiger partial charge is 0.262 e. The van der Waals surface area contributed by atoms with Crippen molar-refractivity contribution in [2.75, 3.05) is 18.5 Å². The number of amides is 1. The minimum absolute atomic E-state index is 0.125. The van der Waals surface area contributed by atoms with E-state index in [2.05, 4.69) is 20.8 Å². The van der Waals surface area contributed by atoms with Gasteiger partial charge in [-0.05, 0) is 41.6 Å². The summed E-state index contributed by atoms with van der Waals surface area (Å²) in [6.07, 6.45) is 0. The fourth-order valence-corrected chi connectivity index (χ4v) is 2.39. The van der Waals surface area contributed by atoms with Crippen molar-refractivity contribution in [3.63, 3.8) is 0 Å². The third-order valence-corrected chi connectivity index (χ3v) is 3.53. The standard InChI is InChI=1S/C18H19N5O3/c1-3-25-15-9-4-5-10-16(15)26-12-17(24)19-14-8-6-7-13(11-14)18-20-21-22-23(18)2/h4-11H,3,12H2,1-2H3,(H,19,24). The van der Waals surface area contributed by atoms with Crippen molar-refractivity contribution in [1.29, 1.82) is 0 Å². The second kappa shape index (κ2) is 8.11. The van der Waals surface area contributed by atoms with Crippen molar-refractivity contribution >= 4 is 11.6 Å². The molecule has 8 heteroatoms. The fourth-order valence-electron chi connectivity index (χ4n) is 2.39. The second-order valence-corrected chi connectivity index (χ2v) is 5.42. The van der Waals surface area contributed by atoms with E-state index in [1.54, 1.807) is 36.0 Å². The van der Waals surface area contributed by atoms with E-state index in [9.17, 15) is 4.79 Å². The van der Waals surface area contributed by atoms with Gasteiger partial charge in [-0.15, -0.1) is 5.10 Å². The molecule has 134 valence electrons. The van der Waals surface area contributed by atoms with Crippen LogP contribution in [-0.4, -0.2) is 39.3 Å².